The number of amides is 6. The van der Waals surface area contributed by atoms with E-state index in [1.54, 1.807) is 66.7 Å². The van der Waals surface area contributed by atoms with E-state index < -0.39 is 71.7 Å². The van der Waals surface area contributed by atoms with Gasteiger partial charge in [-0.15, -0.1) is 0 Å². The van der Waals surface area contributed by atoms with Crippen LogP contribution in [0.15, 0.2) is 66.7 Å². The molecule has 15 heteroatoms. The molecule has 0 aliphatic carbocycles. The lowest BCUT2D eigenvalue weighted by Crippen LogP contribution is -2.61. The van der Waals surface area contributed by atoms with Gasteiger partial charge in [0.15, 0.2) is 11.5 Å². The van der Waals surface area contributed by atoms with Gasteiger partial charge >= 0.3 is 0 Å². The van der Waals surface area contributed by atoms with E-state index in [9.17, 15) is 28.8 Å². The first kappa shape index (κ1) is 40.1. The number of benzene rings is 3. The Morgan fingerprint density at radius 2 is 1.18 bits per heavy atom. The minimum absolute atomic E-state index is 0.0131. The van der Waals surface area contributed by atoms with Crippen LogP contribution in [0.3, 0.4) is 0 Å². The Bertz CT molecular complexity index is 1920. The Morgan fingerprint density at radius 1 is 0.618 bits per heavy atom. The molecule has 3 heterocycles. The van der Waals surface area contributed by atoms with E-state index in [0.29, 0.717) is 39.7 Å². The number of rotatable bonds is 4. The molecule has 3 aliphatic heterocycles. The second kappa shape index (κ2) is 17.3. The van der Waals surface area contributed by atoms with Crippen LogP contribution < -0.4 is 35.5 Å². The molecule has 6 bridgehead atoms. The third kappa shape index (κ3) is 9.52. The van der Waals surface area contributed by atoms with Gasteiger partial charge in [-0.05, 0) is 73.9 Å². The van der Waals surface area contributed by atoms with Crippen LogP contribution in [0.1, 0.15) is 37.5 Å². The third-order valence-corrected chi connectivity index (χ3v) is 9.92. The first-order chi connectivity index (χ1) is 26.2. The molecule has 0 unspecified atom stereocenters. The molecule has 6 amide bonds. The van der Waals surface area contributed by atoms with Crippen molar-refractivity contribution in [3.8, 4) is 23.0 Å². The summed E-state index contributed by atoms with van der Waals surface area (Å²) < 4.78 is 16.9. The number of ether oxygens (including phenoxy) is 3. The molecule has 3 aromatic rings. The summed E-state index contributed by atoms with van der Waals surface area (Å²) in [7, 11) is 5.97. The standard InChI is InChI=1S/C40H48N6O9/c1-22-35(47)43-24(3)39(51)46(5)32-20-27-12-17-33(54-7)34(21-27)55-29-15-10-26(11-16-29)19-31(45(4)40(32)52)38(50)42-23(2)36(48)44-30(37(49)41-22)18-25-8-13-28(53-6)14-9-25/h8-17,21-24,30-32H,18-20H2,1-7H3,(H,41,49)(H,42,50)(H,43,47)(H,44,48)/t22-,23-,24+,30-,31-,32-/m1/s1. The van der Waals surface area contributed by atoms with Gasteiger partial charge in [-0.2, -0.15) is 0 Å². The van der Waals surface area contributed by atoms with E-state index >= 15 is 0 Å². The Balaban J connectivity index is 1.55. The first-order valence-electron chi connectivity index (χ1n) is 18.0. The molecule has 15 nitrogen and oxygen atoms in total. The summed E-state index contributed by atoms with van der Waals surface area (Å²) in [4.78, 5) is 86.0. The van der Waals surface area contributed by atoms with E-state index in [-0.39, 0.29) is 19.3 Å². The van der Waals surface area contributed by atoms with E-state index in [1.165, 1.54) is 58.9 Å². The van der Waals surface area contributed by atoms with E-state index in [2.05, 4.69) is 21.3 Å². The number of carbonyl (C=O) groups is 6. The van der Waals surface area contributed by atoms with E-state index in [1.807, 2.05) is 0 Å². The van der Waals surface area contributed by atoms with Gasteiger partial charge in [0.05, 0.1) is 14.2 Å². The molecule has 0 radical (unpaired) electrons. The highest BCUT2D eigenvalue weighted by Gasteiger charge is 2.38. The van der Waals surface area contributed by atoms with Crippen LogP contribution in [0.2, 0.25) is 0 Å². The summed E-state index contributed by atoms with van der Waals surface area (Å²) in [5.41, 5.74) is 2.00. The van der Waals surface area contributed by atoms with Gasteiger partial charge in [-0.25, -0.2) is 0 Å². The average molecular weight is 757 g/mol. The fourth-order valence-electron chi connectivity index (χ4n) is 6.50. The van der Waals surface area contributed by atoms with Gasteiger partial charge in [-0.3, -0.25) is 28.8 Å². The van der Waals surface area contributed by atoms with Crippen LogP contribution in [0.25, 0.3) is 0 Å². The number of fused-ring (bicyclic) bond motifs is 2. The molecule has 1 saturated heterocycles. The van der Waals surface area contributed by atoms with Crippen LogP contribution in [-0.4, -0.2) is 110 Å². The number of nitrogens with one attached hydrogen (secondary N) is 4. The molecule has 0 aromatic heterocycles. The Hall–Kier alpha value is -6.12. The quantitative estimate of drug-likeness (QED) is 0.307. The Kier molecular flexibility index (Phi) is 12.6. The molecule has 0 spiro atoms. The predicted molar refractivity (Wildman–Crippen MR) is 201 cm³/mol. The van der Waals surface area contributed by atoms with Crippen molar-refractivity contribution >= 4 is 35.4 Å². The highest BCUT2D eigenvalue weighted by Crippen LogP contribution is 2.34. The number of carbonyl (C=O) groups excluding carboxylic acids is 6. The largest absolute Gasteiger partial charge is 0.497 e. The fourth-order valence-corrected chi connectivity index (χ4v) is 6.50. The molecule has 6 atom stereocenters. The monoisotopic (exact) mass is 756 g/mol. The predicted octanol–water partition coefficient (Wildman–Crippen LogP) is 1.50. The third-order valence-electron chi connectivity index (χ3n) is 9.92. The number of nitrogens with zero attached hydrogens (tertiary/aromatic N) is 2. The molecule has 292 valence electrons. The van der Waals surface area contributed by atoms with Crippen molar-refractivity contribution in [1.82, 2.24) is 31.1 Å². The van der Waals surface area contributed by atoms with Crippen molar-refractivity contribution in [2.45, 2.75) is 76.3 Å². The first-order valence-corrected chi connectivity index (χ1v) is 18.0. The summed E-state index contributed by atoms with van der Waals surface area (Å²) >= 11 is 0. The summed E-state index contributed by atoms with van der Waals surface area (Å²) in [6.45, 7) is 4.40. The average Bonchev–Trinajstić information content (AvgIpc) is 3.17. The molecule has 3 aliphatic rings. The van der Waals surface area contributed by atoms with Crippen LogP contribution in [0, 0.1) is 0 Å². The topological polar surface area (TPSA) is 185 Å². The Morgan fingerprint density at radius 3 is 1.82 bits per heavy atom. The molecule has 6 rings (SSSR count). The summed E-state index contributed by atoms with van der Waals surface area (Å²) in [5.74, 6) is -1.78. The molecule has 1 fully saturated rings. The second-order valence-electron chi connectivity index (χ2n) is 13.9. The van der Waals surface area contributed by atoms with Gasteiger partial charge in [0.1, 0.15) is 47.8 Å². The van der Waals surface area contributed by atoms with E-state index in [4.69, 9.17) is 14.2 Å². The normalized spacial score (nSPS) is 24.3. The zero-order valence-corrected chi connectivity index (χ0v) is 32.0. The second-order valence-corrected chi connectivity index (χ2v) is 13.9. The molecular formula is C40H48N6O9. The lowest BCUT2D eigenvalue weighted by molar-refractivity contribution is -0.149. The summed E-state index contributed by atoms with van der Waals surface area (Å²) in [6.07, 6.45) is 0.112. The molecule has 0 saturated carbocycles. The molecule has 4 N–H and O–H groups in total. The summed E-state index contributed by atoms with van der Waals surface area (Å²) in [6, 6.07) is 12.3. The van der Waals surface area contributed by atoms with E-state index in [0.717, 1.165) is 0 Å². The van der Waals surface area contributed by atoms with Gasteiger partial charge in [0.2, 0.25) is 35.4 Å². The fraction of sp³-hybridized carbons (Fsp3) is 0.400. The van der Waals surface area contributed by atoms with Gasteiger partial charge in [0, 0.05) is 33.4 Å². The van der Waals surface area contributed by atoms with Crippen molar-refractivity contribution < 1.29 is 43.0 Å². The number of hydrogen-bond acceptors (Lipinski definition) is 9. The SMILES string of the molecule is COc1ccc(C[C@H]2NC(=O)[C@@H](C)NC(=O)[C@H]3Cc4ccc(cc4)Oc4cc(ccc4OC)C[C@H](C(=O)N3C)N(C)C(=O)[C@H](C)NC(=O)[C@@H](C)NC2=O)cc1. The summed E-state index contributed by atoms with van der Waals surface area (Å²) in [5, 5.41) is 10.7. The number of hydrogen-bond donors (Lipinski definition) is 4. The zero-order valence-electron chi connectivity index (χ0n) is 32.0. The lowest BCUT2D eigenvalue weighted by Gasteiger charge is -2.36. The maximum absolute atomic E-state index is 14.6. The highest BCUT2D eigenvalue weighted by atomic mass is 16.5. The maximum atomic E-state index is 14.6. The smallest absolute Gasteiger partial charge is 0.246 e. The van der Waals surface area contributed by atoms with Crippen molar-refractivity contribution in [3.63, 3.8) is 0 Å². The maximum Gasteiger partial charge on any atom is 0.246 e. The number of methoxy groups -OCH3 is 2. The number of likely N-dealkylation sites (N-methyl/N-ethyl adjacent to an activating group) is 2. The molecular weight excluding hydrogens is 708 g/mol. The van der Waals surface area contributed by atoms with Crippen LogP contribution in [0.4, 0.5) is 0 Å². The molecule has 55 heavy (non-hydrogen) atoms. The van der Waals surface area contributed by atoms with Gasteiger partial charge in [0.25, 0.3) is 0 Å². The van der Waals surface area contributed by atoms with Crippen molar-refractivity contribution in [3.05, 3.63) is 83.4 Å². The van der Waals surface area contributed by atoms with Gasteiger partial charge < -0.3 is 45.3 Å². The highest BCUT2D eigenvalue weighted by molar-refractivity contribution is 5.98. The minimum atomic E-state index is -1.15. The van der Waals surface area contributed by atoms with Crippen LogP contribution in [0.5, 0.6) is 23.0 Å². The lowest BCUT2D eigenvalue weighted by atomic mass is 9.98. The van der Waals surface area contributed by atoms with Crippen LogP contribution in [-0.2, 0) is 48.0 Å². The van der Waals surface area contributed by atoms with Gasteiger partial charge in [-0.1, -0.05) is 30.3 Å². The van der Waals surface area contributed by atoms with Crippen molar-refractivity contribution in [2.75, 3.05) is 28.3 Å². The minimum Gasteiger partial charge on any atom is -0.497 e. The Labute approximate surface area is 320 Å². The molecule has 3 aromatic carbocycles. The van der Waals surface area contributed by atoms with Crippen molar-refractivity contribution in [1.29, 1.82) is 0 Å². The zero-order chi connectivity index (χ0) is 40.0. The van der Waals surface area contributed by atoms with Crippen molar-refractivity contribution in [2.24, 2.45) is 0 Å². The van der Waals surface area contributed by atoms with Crippen LogP contribution >= 0.6 is 0 Å².